The first-order valence-electron chi connectivity index (χ1n) is 8.49. The van der Waals surface area contributed by atoms with E-state index >= 15 is 0 Å². The van der Waals surface area contributed by atoms with Crippen LogP contribution >= 0.6 is 0 Å². The van der Waals surface area contributed by atoms with Crippen molar-refractivity contribution in [2.45, 2.75) is 33.4 Å². The zero-order valence-electron chi connectivity index (χ0n) is 14.8. The summed E-state index contributed by atoms with van der Waals surface area (Å²) in [5.74, 6) is 0.929. The van der Waals surface area contributed by atoms with E-state index < -0.39 is 0 Å². The zero-order valence-corrected chi connectivity index (χ0v) is 14.8. The van der Waals surface area contributed by atoms with E-state index in [-0.39, 0.29) is 12.6 Å². The molecule has 25 heavy (non-hydrogen) atoms. The lowest BCUT2D eigenvalue weighted by atomic mass is 10.1. The molecule has 134 valence electrons. The van der Waals surface area contributed by atoms with E-state index in [1.807, 2.05) is 56.3 Å². The van der Waals surface area contributed by atoms with Gasteiger partial charge in [-0.3, -0.25) is 0 Å². The van der Waals surface area contributed by atoms with Crippen molar-refractivity contribution in [2.24, 2.45) is 0 Å². The van der Waals surface area contributed by atoms with Crippen LogP contribution in [0.5, 0.6) is 5.75 Å². The van der Waals surface area contributed by atoms with Gasteiger partial charge in [0.25, 0.3) is 0 Å². The molecule has 5 nitrogen and oxygen atoms in total. The van der Waals surface area contributed by atoms with E-state index in [1.54, 1.807) is 0 Å². The molecule has 0 aromatic heterocycles. The van der Waals surface area contributed by atoms with Crippen molar-refractivity contribution in [3.8, 4) is 5.75 Å². The number of urea groups is 1. The van der Waals surface area contributed by atoms with Crippen molar-refractivity contribution in [1.82, 2.24) is 10.6 Å². The molecule has 0 aliphatic heterocycles. The van der Waals surface area contributed by atoms with Crippen LogP contribution in [0.15, 0.2) is 42.5 Å². The maximum absolute atomic E-state index is 11.8. The molecule has 2 amide bonds. The number of amides is 2. The van der Waals surface area contributed by atoms with Crippen LogP contribution in [0, 0.1) is 13.8 Å². The number of aliphatic hydroxyl groups excluding tert-OH is 1. The van der Waals surface area contributed by atoms with Gasteiger partial charge >= 0.3 is 6.03 Å². The summed E-state index contributed by atoms with van der Waals surface area (Å²) in [4.78, 5) is 11.8. The van der Waals surface area contributed by atoms with E-state index in [2.05, 4.69) is 10.6 Å². The van der Waals surface area contributed by atoms with Gasteiger partial charge in [0.05, 0.1) is 13.2 Å². The topological polar surface area (TPSA) is 70.6 Å². The van der Waals surface area contributed by atoms with Crippen LogP contribution < -0.4 is 15.4 Å². The van der Waals surface area contributed by atoms with Gasteiger partial charge in [-0.1, -0.05) is 42.5 Å². The van der Waals surface area contributed by atoms with Crippen molar-refractivity contribution in [3.63, 3.8) is 0 Å². The molecule has 0 spiro atoms. The minimum Gasteiger partial charge on any atom is -0.493 e. The Morgan fingerprint density at radius 3 is 2.28 bits per heavy atom. The maximum Gasteiger partial charge on any atom is 0.315 e. The number of para-hydroxylation sites is 1. The lowest BCUT2D eigenvalue weighted by Gasteiger charge is -2.12. The zero-order chi connectivity index (χ0) is 18.1. The second-order valence-corrected chi connectivity index (χ2v) is 6.01. The molecular weight excluding hydrogens is 316 g/mol. The SMILES string of the molecule is Cc1cccc(C)c1OCCCNC(=O)NCc1ccc(CO)cc1. The first-order chi connectivity index (χ1) is 12.1. The quantitative estimate of drug-likeness (QED) is 0.646. The van der Waals surface area contributed by atoms with Crippen LogP contribution in [0.1, 0.15) is 28.7 Å². The lowest BCUT2D eigenvalue weighted by molar-refractivity contribution is 0.238. The molecule has 0 aliphatic rings. The van der Waals surface area contributed by atoms with Crippen LogP contribution in [-0.2, 0) is 13.2 Å². The molecule has 0 saturated carbocycles. The van der Waals surface area contributed by atoms with Crippen molar-refractivity contribution in [2.75, 3.05) is 13.2 Å². The average Bonchev–Trinajstić information content (AvgIpc) is 2.62. The predicted molar refractivity (Wildman–Crippen MR) is 98.6 cm³/mol. The molecule has 2 rings (SSSR count). The third kappa shape index (κ3) is 6.12. The monoisotopic (exact) mass is 342 g/mol. The Bertz CT molecular complexity index is 664. The van der Waals surface area contributed by atoms with Gasteiger partial charge in [0.1, 0.15) is 5.75 Å². The Morgan fingerprint density at radius 1 is 1.00 bits per heavy atom. The fourth-order valence-corrected chi connectivity index (χ4v) is 2.48. The third-order valence-electron chi connectivity index (χ3n) is 3.92. The fourth-order valence-electron chi connectivity index (χ4n) is 2.48. The molecule has 0 unspecified atom stereocenters. The minimum absolute atomic E-state index is 0.0261. The molecule has 2 aromatic rings. The van der Waals surface area contributed by atoms with Gasteiger partial charge in [0.15, 0.2) is 0 Å². The van der Waals surface area contributed by atoms with E-state index in [0.717, 1.165) is 34.4 Å². The summed E-state index contributed by atoms with van der Waals surface area (Å²) in [5.41, 5.74) is 4.10. The third-order valence-corrected chi connectivity index (χ3v) is 3.92. The predicted octanol–water partition coefficient (Wildman–Crippen LogP) is 3.06. The number of benzene rings is 2. The van der Waals surface area contributed by atoms with Gasteiger partial charge in [-0.25, -0.2) is 4.79 Å². The van der Waals surface area contributed by atoms with E-state index in [9.17, 15) is 4.79 Å². The normalized spacial score (nSPS) is 10.4. The fraction of sp³-hybridized carbons (Fsp3) is 0.350. The van der Waals surface area contributed by atoms with Crippen LogP contribution in [-0.4, -0.2) is 24.3 Å². The van der Waals surface area contributed by atoms with Crippen molar-refractivity contribution in [3.05, 3.63) is 64.7 Å². The van der Waals surface area contributed by atoms with Gasteiger partial charge in [0.2, 0.25) is 0 Å². The van der Waals surface area contributed by atoms with Crippen LogP contribution in [0.3, 0.4) is 0 Å². The number of aryl methyl sites for hydroxylation is 2. The van der Waals surface area contributed by atoms with Gasteiger partial charge < -0.3 is 20.5 Å². The Kier molecular flexibility index (Phi) is 7.29. The molecule has 0 saturated heterocycles. The number of rotatable bonds is 8. The lowest BCUT2D eigenvalue weighted by Crippen LogP contribution is -2.36. The number of aliphatic hydroxyl groups is 1. The molecule has 0 fully saturated rings. The average molecular weight is 342 g/mol. The van der Waals surface area contributed by atoms with Crippen LogP contribution in [0.2, 0.25) is 0 Å². The first kappa shape index (κ1) is 18.8. The Labute approximate surface area is 149 Å². The number of carbonyl (C=O) groups is 1. The second-order valence-electron chi connectivity index (χ2n) is 6.01. The Hall–Kier alpha value is -2.53. The molecule has 2 aromatic carbocycles. The van der Waals surface area contributed by atoms with Gasteiger partial charge in [0, 0.05) is 13.1 Å². The van der Waals surface area contributed by atoms with Crippen molar-refractivity contribution < 1.29 is 14.6 Å². The highest BCUT2D eigenvalue weighted by Gasteiger charge is 2.04. The summed E-state index contributed by atoms with van der Waals surface area (Å²) in [6.07, 6.45) is 0.742. The largest absolute Gasteiger partial charge is 0.493 e. The van der Waals surface area contributed by atoms with E-state index in [0.29, 0.717) is 19.7 Å². The van der Waals surface area contributed by atoms with E-state index in [4.69, 9.17) is 9.84 Å². The smallest absolute Gasteiger partial charge is 0.315 e. The molecular formula is C20H26N2O3. The molecule has 0 heterocycles. The first-order valence-corrected chi connectivity index (χ1v) is 8.49. The van der Waals surface area contributed by atoms with Crippen LogP contribution in [0.25, 0.3) is 0 Å². The summed E-state index contributed by atoms with van der Waals surface area (Å²) in [5, 5.41) is 14.6. The molecule has 0 bridgehead atoms. The highest BCUT2D eigenvalue weighted by molar-refractivity contribution is 5.73. The number of ether oxygens (including phenoxy) is 1. The Balaban J connectivity index is 1.62. The van der Waals surface area contributed by atoms with E-state index in [1.165, 1.54) is 0 Å². The highest BCUT2D eigenvalue weighted by atomic mass is 16.5. The van der Waals surface area contributed by atoms with Gasteiger partial charge in [-0.2, -0.15) is 0 Å². The highest BCUT2D eigenvalue weighted by Crippen LogP contribution is 2.22. The molecule has 0 aliphatic carbocycles. The Morgan fingerprint density at radius 2 is 1.64 bits per heavy atom. The molecule has 0 radical (unpaired) electrons. The van der Waals surface area contributed by atoms with Crippen molar-refractivity contribution >= 4 is 6.03 Å². The number of carbonyl (C=O) groups excluding carboxylic acids is 1. The number of nitrogens with one attached hydrogen (secondary N) is 2. The summed E-state index contributed by atoms with van der Waals surface area (Å²) in [7, 11) is 0. The van der Waals surface area contributed by atoms with Crippen LogP contribution in [0.4, 0.5) is 4.79 Å². The molecule has 0 atom stereocenters. The number of hydrogen-bond acceptors (Lipinski definition) is 3. The van der Waals surface area contributed by atoms with Gasteiger partial charge in [-0.05, 0) is 42.5 Å². The summed E-state index contributed by atoms with van der Waals surface area (Å²) in [6.45, 7) is 5.66. The second kappa shape index (κ2) is 9.69. The maximum atomic E-state index is 11.8. The standard InChI is InChI=1S/C20H26N2O3/c1-15-5-3-6-16(2)19(15)25-12-4-11-21-20(24)22-13-17-7-9-18(14-23)10-8-17/h3,5-10,23H,4,11-14H2,1-2H3,(H2,21,22,24). The minimum atomic E-state index is -0.196. The summed E-state index contributed by atoms with van der Waals surface area (Å²) < 4.78 is 5.81. The summed E-state index contributed by atoms with van der Waals surface area (Å²) in [6, 6.07) is 13.4. The van der Waals surface area contributed by atoms with Gasteiger partial charge in [-0.15, -0.1) is 0 Å². The summed E-state index contributed by atoms with van der Waals surface area (Å²) >= 11 is 0. The van der Waals surface area contributed by atoms with Crippen molar-refractivity contribution in [1.29, 1.82) is 0 Å². The molecule has 5 heteroatoms. The number of hydrogen-bond donors (Lipinski definition) is 3. The molecule has 3 N–H and O–H groups in total.